The van der Waals surface area contributed by atoms with Gasteiger partial charge in [0.25, 0.3) is 0 Å². The van der Waals surface area contributed by atoms with Crippen molar-refractivity contribution in [2.45, 2.75) is 50.7 Å². The molecule has 5 heteroatoms. The van der Waals surface area contributed by atoms with Gasteiger partial charge in [0.15, 0.2) is 0 Å². The molecule has 112 valence electrons. The molecule has 0 aromatic rings. The van der Waals surface area contributed by atoms with E-state index in [4.69, 9.17) is 9.47 Å². The first-order valence-electron chi connectivity index (χ1n) is 7.07. The van der Waals surface area contributed by atoms with Gasteiger partial charge >= 0.3 is 5.97 Å². The highest BCUT2D eigenvalue weighted by atomic mass is 16.5. The average Bonchev–Trinajstić information content (AvgIpc) is 2.84. The van der Waals surface area contributed by atoms with Crippen LogP contribution in [0.3, 0.4) is 0 Å². The third-order valence-electron chi connectivity index (χ3n) is 4.31. The van der Waals surface area contributed by atoms with Crippen LogP contribution in [0.4, 0.5) is 0 Å². The lowest BCUT2D eigenvalue weighted by Gasteiger charge is -2.32. The molecule has 0 radical (unpaired) electrons. The molecular formula is C14H28N2O3. The number of hydrogen-bond donors (Lipinski definition) is 1. The van der Waals surface area contributed by atoms with Crippen molar-refractivity contribution in [2.75, 3.05) is 34.4 Å². The van der Waals surface area contributed by atoms with Gasteiger partial charge in [0.05, 0.1) is 13.2 Å². The number of esters is 1. The van der Waals surface area contributed by atoms with E-state index in [0.717, 1.165) is 19.3 Å². The Morgan fingerprint density at radius 2 is 2.26 bits per heavy atom. The van der Waals surface area contributed by atoms with E-state index in [-0.39, 0.29) is 5.97 Å². The van der Waals surface area contributed by atoms with Crippen LogP contribution in [0.25, 0.3) is 0 Å². The van der Waals surface area contributed by atoms with E-state index in [1.807, 2.05) is 14.0 Å². The summed E-state index contributed by atoms with van der Waals surface area (Å²) in [5.41, 5.74) is -0.512. The molecule has 3 atom stereocenters. The zero-order valence-electron chi connectivity index (χ0n) is 12.9. The lowest BCUT2D eigenvalue weighted by Crippen LogP contribution is -2.51. The highest BCUT2D eigenvalue weighted by molar-refractivity contribution is 5.81. The van der Waals surface area contributed by atoms with Gasteiger partial charge in [0.2, 0.25) is 0 Å². The van der Waals surface area contributed by atoms with Gasteiger partial charge in [-0.2, -0.15) is 0 Å². The largest absolute Gasteiger partial charge is 0.465 e. The standard InChI is InChI=1S/C14H28N2O3/c1-6-19-13(17)14(15-3)8-7-12(9-14)16(4)11(2)10-18-5/h11-12,15H,6-10H2,1-5H3. The zero-order chi connectivity index (χ0) is 14.5. The third kappa shape index (κ3) is 3.68. The van der Waals surface area contributed by atoms with Gasteiger partial charge in [-0.05, 0) is 47.2 Å². The summed E-state index contributed by atoms with van der Waals surface area (Å²) in [7, 11) is 5.67. The van der Waals surface area contributed by atoms with Gasteiger partial charge in [-0.3, -0.25) is 9.69 Å². The van der Waals surface area contributed by atoms with E-state index in [1.54, 1.807) is 7.11 Å². The lowest BCUT2D eigenvalue weighted by atomic mass is 9.97. The molecule has 1 N–H and O–H groups in total. The number of ether oxygens (including phenoxy) is 2. The van der Waals surface area contributed by atoms with E-state index >= 15 is 0 Å². The van der Waals surface area contributed by atoms with Gasteiger partial charge in [-0.15, -0.1) is 0 Å². The van der Waals surface area contributed by atoms with Crippen LogP contribution in [-0.4, -0.2) is 62.9 Å². The molecule has 1 saturated carbocycles. The second-order valence-corrected chi connectivity index (χ2v) is 5.42. The van der Waals surface area contributed by atoms with Crippen molar-refractivity contribution < 1.29 is 14.3 Å². The Balaban J connectivity index is 2.66. The second kappa shape index (κ2) is 7.22. The second-order valence-electron chi connectivity index (χ2n) is 5.42. The predicted molar refractivity (Wildman–Crippen MR) is 75.2 cm³/mol. The Hall–Kier alpha value is -0.650. The van der Waals surface area contributed by atoms with Gasteiger partial charge in [-0.1, -0.05) is 0 Å². The van der Waals surface area contributed by atoms with Crippen LogP contribution in [0.15, 0.2) is 0 Å². The molecule has 1 aliphatic carbocycles. The first kappa shape index (κ1) is 16.4. The van der Waals surface area contributed by atoms with Crippen LogP contribution in [0.1, 0.15) is 33.1 Å². The molecular weight excluding hydrogens is 244 g/mol. The highest BCUT2D eigenvalue weighted by Gasteiger charge is 2.46. The van der Waals surface area contributed by atoms with Crippen molar-refractivity contribution >= 4 is 5.97 Å². The molecule has 1 fully saturated rings. The summed E-state index contributed by atoms with van der Waals surface area (Å²) in [5, 5.41) is 3.19. The van der Waals surface area contributed by atoms with E-state index in [0.29, 0.717) is 25.3 Å². The molecule has 0 aromatic carbocycles. The minimum absolute atomic E-state index is 0.118. The predicted octanol–water partition coefficient (Wildman–Crippen LogP) is 1.03. The minimum atomic E-state index is -0.512. The summed E-state index contributed by atoms with van der Waals surface area (Å²) < 4.78 is 10.4. The SMILES string of the molecule is CCOC(=O)C1(NC)CCC(N(C)C(C)COC)C1. The molecule has 0 bridgehead atoms. The lowest BCUT2D eigenvalue weighted by molar-refractivity contribution is -0.151. The number of nitrogens with one attached hydrogen (secondary N) is 1. The van der Waals surface area contributed by atoms with Crippen LogP contribution in [-0.2, 0) is 14.3 Å². The number of likely N-dealkylation sites (N-methyl/N-ethyl adjacent to an activating group) is 2. The molecule has 0 saturated heterocycles. The van der Waals surface area contributed by atoms with Gasteiger partial charge in [0.1, 0.15) is 5.54 Å². The van der Waals surface area contributed by atoms with Crippen molar-refractivity contribution in [1.29, 1.82) is 0 Å². The van der Waals surface area contributed by atoms with Crippen molar-refractivity contribution in [2.24, 2.45) is 0 Å². The number of nitrogens with zero attached hydrogens (tertiary/aromatic N) is 1. The van der Waals surface area contributed by atoms with E-state index < -0.39 is 5.54 Å². The van der Waals surface area contributed by atoms with Crippen LogP contribution in [0.5, 0.6) is 0 Å². The molecule has 1 aliphatic rings. The van der Waals surface area contributed by atoms with Gasteiger partial charge in [-0.25, -0.2) is 0 Å². The van der Waals surface area contributed by atoms with Gasteiger partial charge in [0, 0.05) is 19.2 Å². The Labute approximate surface area is 116 Å². The smallest absolute Gasteiger partial charge is 0.326 e. The number of hydrogen-bond acceptors (Lipinski definition) is 5. The summed E-state index contributed by atoms with van der Waals surface area (Å²) >= 11 is 0. The normalized spacial score (nSPS) is 28.6. The molecule has 0 spiro atoms. The summed E-state index contributed by atoms with van der Waals surface area (Å²) in [4.78, 5) is 14.4. The number of methoxy groups -OCH3 is 1. The van der Waals surface area contributed by atoms with E-state index in [9.17, 15) is 4.79 Å². The quantitative estimate of drug-likeness (QED) is 0.702. The molecule has 0 amide bonds. The Morgan fingerprint density at radius 3 is 2.79 bits per heavy atom. The maximum absolute atomic E-state index is 12.1. The zero-order valence-corrected chi connectivity index (χ0v) is 12.9. The van der Waals surface area contributed by atoms with Crippen LogP contribution >= 0.6 is 0 Å². The Morgan fingerprint density at radius 1 is 1.58 bits per heavy atom. The first-order chi connectivity index (χ1) is 9.00. The third-order valence-corrected chi connectivity index (χ3v) is 4.31. The van der Waals surface area contributed by atoms with Crippen molar-refractivity contribution in [1.82, 2.24) is 10.2 Å². The molecule has 0 aromatic heterocycles. The fourth-order valence-electron chi connectivity index (χ4n) is 2.87. The monoisotopic (exact) mass is 272 g/mol. The maximum Gasteiger partial charge on any atom is 0.326 e. The van der Waals surface area contributed by atoms with Crippen LogP contribution in [0.2, 0.25) is 0 Å². The molecule has 19 heavy (non-hydrogen) atoms. The minimum Gasteiger partial charge on any atom is -0.465 e. The summed E-state index contributed by atoms with van der Waals surface area (Å²) in [6.45, 7) is 5.13. The summed E-state index contributed by atoms with van der Waals surface area (Å²) in [5.74, 6) is -0.118. The Kier molecular flexibility index (Phi) is 6.23. The molecule has 0 heterocycles. The molecule has 0 aliphatic heterocycles. The highest BCUT2D eigenvalue weighted by Crippen LogP contribution is 2.34. The topological polar surface area (TPSA) is 50.8 Å². The van der Waals surface area contributed by atoms with E-state index in [2.05, 4.69) is 24.2 Å². The maximum atomic E-state index is 12.1. The molecule has 5 nitrogen and oxygen atoms in total. The molecule has 3 unspecified atom stereocenters. The van der Waals surface area contributed by atoms with Crippen molar-refractivity contribution in [3.63, 3.8) is 0 Å². The number of carbonyl (C=O) groups excluding carboxylic acids is 1. The number of rotatable bonds is 7. The number of carbonyl (C=O) groups is 1. The molecule has 1 rings (SSSR count). The fraction of sp³-hybridized carbons (Fsp3) is 0.929. The fourth-order valence-corrected chi connectivity index (χ4v) is 2.87. The van der Waals surface area contributed by atoms with Gasteiger partial charge < -0.3 is 14.8 Å². The van der Waals surface area contributed by atoms with Crippen molar-refractivity contribution in [3.8, 4) is 0 Å². The van der Waals surface area contributed by atoms with Crippen LogP contribution < -0.4 is 5.32 Å². The first-order valence-corrected chi connectivity index (χ1v) is 7.07. The van der Waals surface area contributed by atoms with Crippen LogP contribution in [0, 0.1) is 0 Å². The average molecular weight is 272 g/mol. The Bertz CT molecular complexity index is 298. The summed E-state index contributed by atoms with van der Waals surface area (Å²) in [6, 6.07) is 0.742. The summed E-state index contributed by atoms with van der Waals surface area (Å²) in [6.07, 6.45) is 2.63. The van der Waals surface area contributed by atoms with E-state index in [1.165, 1.54) is 0 Å². The van der Waals surface area contributed by atoms with Crippen molar-refractivity contribution in [3.05, 3.63) is 0 Å².